The number of nitrogens with zero attached hydrogens (tertiary/aromatic N) is 1. The molecule has 9 heteroatoms. The van der Waals surface area contributed by atoms with E-state index in [1.807, 2.05) is 30.3 Å². The van der Waals surface area contributed by atoms with Gasteiger partial charge in [0.2, 0.25) is 10.0 Å². The summed E-state index contributed by atoms with van der Waals surface area (Å²) >= 11 is 11.9. The van der Waals surface area contributed by atoms with Crippen molar-refractivity contribution in [1.29, 1.82) is 0 Å². The maximum Gasteiger partial charge on any atom is 0.246 e. The van der Waals surface area contributed by atoms with Gasteiger partial charge in [0.15, 0.2) is 0 Å². The topological polar surface area (TPSA) is 63.4 Å². The Morgan fingerprint density at radius 2 is 1.64 bits per heavy atom. The average Bonchev–Trinajstić information content (AvgIpc) is 2.89. The molecule has 1 heterocycles. The molecule has 2 aromatic rings. The highest BCUT2D eigenvalue weighted by atomic mass is 35.5. The molecule has 2 N–H and O–H groups in total. The zero-order valence-corrected chi connectivity index (χ0v) is 16.0. The van der Waals surface area contributed by atoms with Gasteiger partial charge >= 0.3 is 0 Å². The van der Waals surface area contributed by atoms with Crippen LogP contribution < -0.4 is 5.73 Å². The summed E-state index contributed by atoms with van der Waals surface area (Å²) in [5.74, 6) is -0.816. The van der Waals surface area contributed by atoms with Crippen LogP contribution in [0.2, 0.25) is 10.0 Å². The zero-order valence-electron chi connectivity index (χ0n) is 12.9. The van der Waals surface area contributed by atoms with Crippen molar-refractivity contribution >= 4 is 45.6 Å². The minimum atomic E-state index is -3.97. The molecule has 0 amide bonds. The Morgan fingerprint density at radius 3 is 2.20 bits per heavy atom. The van der Waals surface area contributed by atoms with E-state index in [9.17, 15) is 12.8 Å². The van der Waals surface area contributed by atoms with E-state index in [1.54, 1.807) is 0 Å². The Hall–Kier alpha value is -0.890. The smallest absolute Gasteiger partial charge is 0.246 e. The SMILES string of the molecule is Cl.N[C@@H]1CN(S(=O)(=O)c2c(Cl)cc(F)cc2Cl)C[C@H]1c1ccccc1. The van der Waals surface area contributed by atoms with Gasteiger partial charge < -0.3 is 5.73 Å². The quantitative estimate of drug-likeness (QED) is 0.816. The fraction of sp³-hybridized carbons (Fsp3) is 0.250. The van der Waals surface area contributed by atoms with Crippen molar-refractivity contribution in [3.05, 3.63) is 63.9 Å². The van der Waals surface area contributed by atoms with Crippen LogP contribution in [0.15, 0.2) is 47.4 Å². The lowest BCUT2D eigenvalue weighted by molar-refractivity contribution is 0.470. The number of nitrogens with two attached hydrogens (primary N) is 1. The van der Waals surface area contributed by atoms with Gasteiger partial charge in [-0.25, -0.2) is 12.8 Å². The van der Waals surface area contributed by atoms with Gasteiger partial charge in [0, 0.05) is 25.0 Å². The second-order valence-corrected chi connectivity index (χ2v) is 8.39. The third-order valence-electron chi connectivity index (χ3n) is 4.12. The Kier molecular flexibility index (Phi) is 6.35. The van der Waals surface area contributed by atoms with Crippen molar-refractivity contribution in [3.63, 3.8) is 0 Å². The predicted octanol–water partition coefficient (Wildman–Crippen LogP) is 3.67. The van der Waals surface area contributed by atoms with Crippen molar-refractivity contribution in [2.45, 2.75) is 16.9 Å². The first-order valence-corrected chi connectivity index (χ1v) is 9.45. The highest BCUT2D eigenvalue weighted by Crippen LogP contribution is 2.36. The molecule has 0 unspecified atom stereocenters. The van der Waals surface area contributed by atoms with Crippen LogP contribution in [0, 0.1) is 5.82 Å². The molecule has 0 aliphatic carbocycles. The lowest BCUT2D eigenvalue weighted by Crippen LogP contribution is -2.32. The van der Waals surface area contributed by atoms with Crippen LogP contribution in [0.5, 0.6) is 0 Å². The van der Waals surface area contributed by atoms with E-state index < -0.39 is 15.8 Å². The molecular formula is C16H16Cl3FN2O2S. The van der Waals surface area contributed by atoms with E-state index >= 15 is 0 Å². The fourth-order valence-corrected chi connectivity index (χ4v) is 5.58. The standard InChI is InChI=1S/C16H15Cl2FN2O2S.ClH/c17-13-6-11(19)7-14(18)16(13)24(22,23)21-8-12(15(20)9-21)10-4-2-1-3-5-10;/h1-7,12,15H,8-9,20H2;1H/t12-,15+;/m0./s1. The molecule has 136 valence electrons. The van der Waals surface area contributed by atoms with Crippen LogP contribution >= 0.6 is 35.6 Å². The highest BCUT2D eigenvalue weighted by Gasteiger charge is 2.40. The number of halogens is 4. The number of benzene rings is 2. The molecule has 1 fully saturated rings. The van der Waals surface area contributed by atoms with E-state index in [-0.39, 0.29) is 52.4 Å². The number of sulfonamides is 1. The van der Waals surface area contributed by atoms with Crippen molar-refractivity contribution < 1.29 is 12.8 Å². The van der Waals surface area contributed by atoms with Crippen molar-refractivity contribution in [2.75, 3.05) is 13.1 Å². The molecule has 0 aromatic heterocycles. The van der Waals surface area contributed by atoms with Gasteiger partial charge in [0.05, 0.1) is 10.0 Å². The lowest BCUT2D eigenvalue weighted by Gasteiger charge is -2.18. The van der Waals surface area contributed by atoms with Gasteiger partial charge in [0.1, 0.15) is 10.7 Å². The Morgan fingerprint density at radius 1 is 1.08 bits per heavy atom. The largest absolute Gasteiger partial charge is 0.326 e. The molecule has 1 saturated heterocycles. The summed E-state index contributed by atoms with van der Waals surface area (Å²) in [4.78, 5) is -0.284. The molecule has 1 aliphatic rings. The van der Waals surface area contributed by atoms with Crippen LogP contribution in [-0.2, 0) is 10.0 Å². The summed E-state index contributed by atoms with van der Waals surface area (Å²) in [7, 11) is -3.97. The molecule has 2 aromatic carbocycles. The molecule has 0 bridgehead atoms. The van der Waals surface area contributed by atoms with Crippen LogP contribution in [0.25, 0.3) is 0 Å². The van der Waals surface area contributed by atoms with Crippen LogP contribution in [-0.4, -0.2) is 31.9 Å². The summed E-state index contributed by atoms with van der Waals surface area (Å²) < 4.78 is 40.3. The summed E-state index contributed by atoms with van der Waals surface area (Å²) in [6.07, 6.45) is 0. The number of hydrogen-bond donors (Lipinski definition) is 1. The van der Waals surface area contributed by atoms with Crippen molar-refractivity contribution in [2.24, 2.45) is 5.73 Å². The second-order valence-electron chi connectivity index (χ2n) is 5.70. The van der Waals surface area contributed by atoms with E-state index in [1.165, 1.54) is 4.31 Å². The Balaban J connectivity index is 0.00000225. The number of hydrogen-bond acceptors (Lipinski definition) is 3. The monoisotopic (exact) mass is 424 g/mol. The minimum absolute atomic E-state index is 0. The minimum Gasteiger partial charge on any atom is -0.326 e. The van der Waals surface area contributed by atoms with E-state index in [4.69, 9.17) is 28.9 Å². The highest BCUT2D eigenvalue weighted by molar-refractivity contribution is 7.89. The molecule has 0 saturated carbocycles. The van der Waals surface area contributed by atoms with Gasteiger partial charge in [-0.3, -0.25) is 0 Å². The molecule has 0 radical (unpaired) electrons. The van der Waals surface area contributed by atoms with E-state index in [0.29, 0.717) is 0 Å². The molecule has 3 rings (SSSR count). The third-order valence-corrected chi connectivity index (χ3v) is 6.87. The fourth-order valence-electron chi connectivity index (χ4n) is 2.95. The maximum atomic E-state index is 13.3. The van der Waals surface area contributed by atoms with Crippen LogP contribution in [0.4, 0.5) is 4.39 Å². The second kappa shape index (κ2) is 7.78. The van der Waals surface area contributed by atoms with Gasteiger partial charge in [0.25, 0.3) is 0 Å². The summed E-state index contributed by atoms with van der Waals surface area (Å²) in [6, 6.07) is 11.0. The van der Waals surface area contributed by atoms with Crippen molar-refractivity contribution in [3.8, 4) is 0 Å². The van der Waals surface area contributed by atoms with Gasteiger partial charge in [-0.05, 0) is 17.7 Å². The summed E-state index contributed by atoms with van der Waals surface area (Å²) in [5.41, 5.74) is 7.12. The first-order valence-electron chi connectivity index (χ1n) is 7.26. The van der Waals surface area contributed by atoms with E-state index in [2.05, 4.69) is 0 Å². The van der Waals surface area contributed by atoms with Gasteiger partial charge in [-0.2, -0.15) is 4.31 Å². The molecule has 1 aliphatic heterocycles. The Bertz CT molecular complexity index is 842. The normalized spacial score (nSPS) is 21.1. The summed E-state index contributed by atoms with van der Waals surface area (Å²) in [6.45, 7) is 0.365. The van der Waals surface area contributed by atoms with Crippen molar-refractivity contribution in [1.82, 2.24) is 4.31 Å². The molecule has 25 heavy (non-hydrogen) atoms. The van der Waals surface area contributed by atoms with E-state index in [0.717, 1.165) is 17.7 Å². The molecule has 0 spiro atoms. The molecular weight excluding hydrogens is 410 g/mol. The lowest BCUT2D eigenvalue weighted by atomic mass is 9.95. The molecule has 2 atom stereocenters. The van der Waals surface area contributed by atoms with Crippen LogP contribution in [0.1, 0.15) is 11.5 Å². The third kappa shape index (κ3) is 3.94. The predicted molar refractivity (Wildman–Crippen MR) is 99.6 cm³/mol. The first-order chi connectivity index (χ1) is 11.3. The average molecular weight is 426 g/mol. The molecule has 4 nitrogen and oxygen atoms in total. The maximum absolute atomic E-state index is 13.3. The van der Waals surface area contributed by atoms with Gasteiger partial charge in [-0.15, -0.1) is 12.4 Å². The Labute approximate surface area is 162 Å². The number of rotatable bonds is 3. The van der Waals surface area contributed by atoms with Gasteiger partial charge in [-0.1, -0.05) is 53.5 Å². The summed E-state index contributed by atoms with van der Waals surface area (Å²) in [5, 5.41) is -0.478. The zero-order chi connectivity index (χ0) is 17.5. The first kappa shape index (κ1) is 20.4. The van der Waals surface area contributed by atoms with Crippen LogP contribution in [0.3, 0.4) is 0 Å².